The molecule has 1 aliphatic carbocycles. The van der Waals surface area contributed by atoms with E-state index in [0.29, 0.717) is 25.2 Å². The summed E-state index contributed by atoms with van der Waals surface area (Å²) in [4.78, 5) is 31.1. The monoisotopic (exact) mass is 378 g/mol. The quantitative estimate of drug-likeness (QED) is 0.714. The molecule has 3 aliphatic heterocycles. The molecule has 0 spiro atoms. The van der Waals surface area contributed by atoms with Crippen molar-refractivity contribution in [3.8, 4) is 0 Å². The summed E-state index contributed by atoms with van der Waals surface area (Å²) < 4.78 is 0. The lowest BCUT2D eigenvalue weighted by Gasteiger charge is -2.47. The fourth-order valence-electron chi connectivity index (χ4n) is 6.48. The molecular formula is C20H34N4O3. The molecule has 3 N–H and O–H groups in total. The average Bonchev–Trinajstić information content (AvgIpc) is 2.91. The number of rotatable bonds is 3. The summed E-state index contributed by atoms with van der Waals surface area (Å²) in [5.41, 5.74) is 5.30. The lowest BCUT2D eigenvalue weighted by molar-refractivity contribution is -0.142. The van der Waals surface area contributed by atoms with Gasteiger partial charge in [0.15, 0.2) is 0 Å². The molecule has 4 fully saturated rings. The highest BCUT2D eigenvalue weighted by Gasteiger charge is 2.57. The van der Waals surface area contributed by atoms with Crippen LogP contribution in [0.4, 0.5) is 0 Å². The molecule has 3 saturated heterocycles. The van der Waals surface area contributed by atoms with Crippen molar-refractivity contribution in [2.45, 2.75) is 57.2 Å². The molecule has 4 rings (SSSR count). The van der Waals surface area contributed by atoms with Gasteiger partial charge in [-0.2, -0.15) is 0 Å². The van der Waals surface area contributed by atoms with Gasteiger partial charge in [-0.1, -0.05) is 6.92 Å². The van der Waals surface area contributed by atoms with Crippen molar-refractivity contribution in [3.05, 3.63) is 0 Å². The third kappa shape index (κ3) is 3.28. The highest BCUT2D eigenvalue weighted by atomic mass is 16.3. The van der Waals surface area contributed by atoms with Crippen molar-refractivity contribution in [2.75, 3.05) is 39.8 Å². The van der Waals surface area contributed by atoms with Crippen molar-refractivity contribution < 1.29 is 14.7 Å². The van der Waals surface area contributed by atoms with Crippen molar-refractivity contribution in [2.24, 2.45) is 23.0 Å². The Morgan fingerprint density at radius 1 is 1.19 bits per heavy atom. The van der Waals surface area contributed by atoms with Crippen LogP contribution in [0.3, 0.4) is 0 Å². The van der Waals surface area contributed by atoms with E-state index >= 15 is 0 Å². The zero-order chi connectivity index (χ0) is 19.3. The SMILES string of the molecule is CN1[C@@H]2CN(C(=O)[C@H]3CCCN(CC(N)=O)C3)C[C@@H]3CC[C@H]1[C@](C)(C2)[C@@H]3O. The summed E-state index contributed by atoms with van der Waals surface area (Å²) in [7, 11) is 2.16. The van der Waals surface area contributed by atoms with E-state index < -0.39 is 0 Å². The first kappa shape index (κ1) is 19.2. The van der Waals surface area contributed by atoms with Crippen LogP contribution in [-0.2, 0) is 9.59 Å². The van der Waals surface area contributed by atoms with E-state index in [9.17, 15) is 14.7 Å². The van der Waals surface area contributed by atoms with Crippen LogP contribution in [-0.4, -0.2) is 89.6 Å². The molecule has 0 aromatic heterocycles. The number of fused-ring (bicyclic) bond motifs is 2. The van der Waals surface area contributed by atoms with Gasteiger partial charge in [0, 0.05) is 43.1 Å². The Morgan fingerprint density at radius 2 is 1.96 bits per heavy atom. The highest BCUT2D eigenvalue weighted by Crippen LogP contribution is 2.52. The molecular weight excluding hydrogens is 344 g/mol. The number of nitrogens with two attached hydrogens (primary N) is 1. The van der Waals surface area contributed by atoms with E-state index in [1.807, 2.05) is 9.80 Å². The third-order valence-electron chi connectivity index (χ3n) is 7.87. The van der Waals surface area contributed by atoms with E-state index in [2.05, 4.69) is 18.9 Å². The second kappa shape index (κ2) is 7.01. The summed E-state index contributed by atoms with van der Waals surface area (Å²) in [6.45, 7) is 5.35. The normalized spacial score (nSPS) is 42.8. The van der Waals surface area contributed by atoms with Crippen LogP contribution in [0.1, 0.15) is 39.0 Å². The van der Waals surface area contributed by atoms with E-state index in [1.54, 1.807) is 0 Å². The lowest BCUT2D eigenvalue weighted by Crippen LogP contribution is -2.55. The Hall–Kier alpha value is -1.18. The third-order valence-corrected chi connectivity index (χ3v) is 7.87. The maximum Gasteiger partial charge on any atom is 0.231 e. The maximum atomic E-state index is 13.4. The molecule has 0 unspecified atom stereocenters. The number of primary amides is 1. The van der Waals surface area contributed by atoms with Gasteiger partial charge in [-0.05, 0) is 45.7 Å². The van der Waals surface area contributed by atoms with Crippen LogP contribution in [0.2, 0.25) is 0 Å². The van der Waals surface area contributed by atoms with Crippen LogP contribution < -0.4 is 5.73 Å². The molecule has 27 heavy (non-hydrogen) atoms. The Kier molecular flexibility index (Phi) is 4.97. The zero-order valence-electron chi connectivity index (χ0n) is 16.6. The predicted octanol–water partition coefficient (Wildman–Crippen LogP) is -0.124. The summed E-state index contributed by atoms with van der Waals surface area (Å²) in [6.07, 6.45) is 4.53. The van der Waals surface area contributed by atoms with Gasteiger partial charge in [-0.25, -0.2) is 0 Å². The number of likely N-dealkylation sites (N-methyl/N-ethyl adjacent to an activating group) is 1. The van der Waals surface area contributed by atoms with Crippen molar-refractivity contribution in [1.29, 1.82) is 0 Å². The van der Waals surface area contributed by atoms with Gasteiger partial charge in [-0.15, -0.1) is 0 Å². The van der Waals surface area contributed by atoms with Crippen molar-refractivity contribution >= 4 is 11.8 Å². The van der Waals surface area contributed by atoms with Crippen molar-refractivity contribution in [1.82, 2.24) is 14.7 Å². The first-order valence-electron chi connectivity index (χ1n) is 10.5. The molecule has 0 aromatic carbocycles. The minimum Gasteiger partial charge on any atom is -0.392 e. The minimum atomic E-state index is -0.336. The topological polar surface area (TPSA) is 90.1 Å². The number of piperidine rings is 1. The van der Waals surface area contributed by atoms with Crippen molar-refractivity contribution in [3.63, 3.8) is 0 Å². The maximum absolute atomic E-state index is 13.4. The second-order valence-corrected chi connectivity index (χ2v) is 9.61. The molecule has 3 bridgehead atoms. The first-order chi connectivity index (χ1) is 12.8. The van der Waals surface area contributed by atoms with Gasteiger partial charge in [0.1, 0.15) is 0 Å². The van der Waals surface area contributed by atoms with Crippen LogP contribution in [0.15, 0.2) is 0 Å². The van der Waals surface area contributed by atoms with Gasteiger partial charge in [0.05, 0.1) is 18.6 Å². The Labute approximate surface area is 161 Å². The van der Waals surface area contributed by atoms with E-state index in [0.717, 1.165) is 45.2 Å². The number of aliphatic hydroxyl groups is 1. The average molecular weight is 379 g/mol. The van der Waals surface area contributed by atoms with Gasteiger partial charge in [-0.3, -0.25) is 19.4 Å². The Morgan fingerprint density at radius 3 is 2.70 bits per heavy atom. The molecule has 0 aromatic rings. The van der Waals surface area contributed by atoms with Gasteiger partial charge < -0.3 is 15.7 Å². The summed E-state index contributed by atoms with van der Waals surface area (Å²) in [5, 5.41) is 11.1. The van der Waals surface area contributed by atoms with Crippen LogP contribution >= 0.6 is 0 Å². The number of hydrogen-bond acceptors (Lipinski definition) is 5. The summed E-state index contributed by atoms with van der Waals surface area (Å²) in [6, 6.07) is 0.743. The number of carbonyl (C=O) groups excluding carboxylic acids is 2. The molecule has 3 heterocycles. The van der Waals surface area contributed by atoms with Crippen LogP contribution in [0.25, 0.3) is 0 Å². The number of aliphatic hydroxyl groups excluding tert-OH is 1. The molecule has 4 aliphatic rings. The van der Waals surface area contributed by atoms with Gasteiger partial charge >= 0.3 is 0 Å². The number of nitrogens with zero attached hydrogens (tertiary/aromatic N) is 3. The second-order valence-electron chi connectivity index (χ2n) is 9.61. The van der Waals surface area contributed by atoms with Gasteiger partial charge in [0.25, 0.3) is 0 Å². The van der Waals surface area contributed by atoms with E-state index in [-0.39, 0.29) is 41.7 Å². The molecule has 7 heteroatoms. The predicted molar refractivity (Wildman–Crippen MR) is 102 cm³/mol. The summed E-state index contributed by atoms with van der Waals surface area (Å²) >= 11 is 0. The molecule has 0 radical (unpaired) electrons. The molecule has 152 valence electrons. The standard InChI is InChI=1S/C20H34N4O3/c1-20-8-15-11-24(10-13(18(20)26)5-6-16(20)22(15)2)19(27)14-4-3-7-23(9-14)12-17(21)25/h13-16,18,26H,3-12H2,1-2H3,(H2,21,25)/t13-,14-,15-,16-,18+,20-/m0/s1. The van der Waals surface area contributed by atoms with E-state index in [4.69, 9.17) is 5.73 Å². The zero-order valence-corrected chi connectivity index (χ0v) is 16.6. The lowest BCUT2D eigenvalue weighted by atomic mass is 9.64. The molecule has 6 atom stereocenters. The smallest absolute Gasteiger partial charge is 0.231 e. The number of likely N-dealkylation sites (tertiary alicyclic amines) is 3. The molecule has 1 saturated carbocycles. The minimum absolute atomic E-state index is 0.0411. The fraction of sp³-hybridized carbons (Fsp3) is 0.900. The van der Waals surface area contributed by atoms with E-state index in [1.165, 1.54) is 0 Å². The summed E-state index contributed by atoms with van der Waals surface area (Å²) in [5.74, 6) is -0.0250. The fourth-order valence-corrected chi connectivity index (χ4v) is 6.48. The number of carbonyl (C=O) groups is 2. The molecule has 2 amide bonds. The van der Waals surface area contributed by atoms with Gasteiger partial charge in [0.2, 0.25) is 11.8 Å². The van der Waals surface area contributed by atoms with Crippen LogP contribution in [0.5, 0.6) is 0 Å². The number of hydrogen-bond donors (Lipinski definition) is 2. The Balaban J connectivity index is 1.50. The highest BCUT2D eigenvalue weighted by molar-refractivity contribution is 5.80. The largest absolute Gasteiger partial charge is 0.392 e. The molecule has 7 nitrogen and oxygen atoms in total. The van der Waals surface area contributed by atoms with Crippen LogP contribution in [0, 0.1) is 17.3 Å². The number of amides is 2. The first-order valence-corrected chi connectivity index (χ1v) is 10.5. The Bertz CT molecular complexity index is 612.